The first-order valence-electron chi connectivity index (χ1n) is 6.08. The molecule has 7 heteroatoms. The van der Waals surface area contributed by atoms with Gasteiger partial charge in [0.25, 0.3) is 9.70 Å². The monoisotopic (exact) mass is 361 g/mol. The molecule has 0 aliphatic carbocycles. The van der Waals surface area contributed by atoms with Crippen LogP contribution in [0.25, 0.3) is 0 Å². The number of carbonyl (C=O) groups is 1. The van der Waals surface area contributed by atoms with Crippen molar-refractivity contribution < 1.29 is 14.3 Å². The number of benzene rings is 1. The molecule has 0 bridgehead atoms. The van der Waals surface area contributed by atoms with Crippen LogP contribution in [0.2, 0.25) is 0 Å². The first kappa shape index (κ1) is 18.5. The molecule has 0 heterocycles. The number of rotatable bonds is 6. The topological polar surface area (TPSA) is 47.6 Å². The van der Waals surface area contributed by atoms with E-state index in [0.29, 0.717) is 17.1 Å². The van der Waals surface area contributed by atoms with E-state index < -0.39 is 15.7 Å². The van der Waals surface area contributed by atoms with Crippen molar-refractivity contribution >= 4 is 40.7 Å². The Morgan fingerprint density at radius 2 is 2.23 bits per heavy atom. The molecule has 0 saturated heterocycles. The van der Waals surface area contributed by atoms with Crippen LogP contribution in [-0.2, 0) is 4.79 Å². The number of terminal acetylenes is 1. The summed E-state index contributed by atoms with van der Waals surface area (Å²) < 4.78 is 8.52. The molecule has 118 valence electrons. The van der Waals surface area contributed by atoms with Gasteiger partial charge in [-0.05, 0) is 18.2 Å². The zero-order chi connectivity index (χ0) is 16.8. The highest BCUT2D eigenvalue weighted by Gasteiger charge is 2.32. The van der Waals surface area contributed by atoms with Crippen LogP contribution in [0.3, 0.4) is 0 Å². The predicted molar refractivity (Wildman–Crippen MR) is 88.7 cm³/mol. The van der Waals surface area contributed by atoms with Gasteiger partial charge in [-0.15, -0.1) is 13.0 Å². The van der Waals surface area contributed by atoms with Gasteiger partial charge in [0, 0.05) is 5.56 Å². The van der Waals surface area contributed by atoms with E-state index in [1.807, 2.05) is 0 Å². The summed E-state index contributed by atoms with van der Waals surface area (Å²) in [5, 5.41) is 2.55. The van der Waals surface area contributed by atoms with Gasteiger partial charge in [0.05, 0.1) is 13.2 Å². The van der Waals surface area contributed by atoms with Crippen LogP contribution >= 0.6 is 34.8 Å². The quantitative estimate of drug-likeness (QED) is 0.479. The van der Waals surface area contributed by atoms with Gasteiger partial charge in [0.2, 0.25) is 0 Å². The molecule has 0 spiro atoms. The molecule has 1 amide bonds. The van der Waals surface area contributed by atoms with E-state index in [-0.39, 0.29) is 6.61 Å². The number of methoxy groups -OCH3 is 1. The average molecular weight is 363 g/mol. The summed E-state index contributed by atoms with van der Waals surface area (Å²) in [6, 6.07) is 4.40. The number of halogens is 3. The molecule has 0 aliphatic rings. The van der Waals surface area contributed by atoms with Crippen molar-refractivity contribution in [3.8, 4) is 23.8 Å². The number of ether oxygens (including phenoxy) is 2. The maximum atomic E-state index is 11.8. The summed E-state index contributed by atoms with van der Waals surface area (Å²) in [5.41, 5.74) is 0.576. The number of alkyl halides is 3. The third-order valence-electron chi connectivity index (χ3n) is 2.64. The lowest BCUT2D eigenvalue weighted by atomic mass is 10.0. The summed E-state index contributed by atoms with van der Waals surface area (Å²) >= 11 is 16.7. The standard InChI is InChI=1S/C15H14Cl3NO3/c1-4-8-22-13-7-6-10(21-3)9-11(13)12(5-2)19-14(20)15(16,17)18/h1,5-7,9,12H,2,8H2,3H3,(H,19,20). The van der Waals surface area contributed by atoms with E-state index >= 15 is 0 Å². The van der Waals surface area contributed by atoms with Gasteiger partial charge in [-0.25, -0.2) is 0 Å². The minimum absolute atomic E-state index is 0.0710. The minimum atomic E-state index is -2.08. The van der Waals surface area contributed by atoms with Gasteiger partial charge in [-0.3, -0.25) is 4.79 Å². The molecule has 4 nitrogen and oxygen atoms in total. The molecule has 1 aromatic rings. The number of amides is 1. The maximum absolute atomic E-state index is 11.8. The van der Waals surface area contributed by atoms with Crippen LogP contribution in [0.5, 0.6) is 11.5 Å². The van der Waals surface area contributed by atoms with E-state index in [9.17, 15) is 4.79 Å². The smallest absolute Gasteiger partial charge is 0.272 e. The van der Waals surface area contributed by atoms with E-state index in [1.54, 1.807) is 18.2 Å². The van der Waals surface area contributed by atoms with Crippen molar-refractivity contribution in [3.63, 3.8) is 0 Å². The Balaban J connectivity index is 3.15. The average Bonchev–Trinajstić information content (AvgIpc) is 2.49. The molecule has 22 heavy (non-hydrogen) atoms. The summed E-state index contributed by atoms with van der Waals surface area (Å²) in [6.45, 7) is 3.74. The zero-order valence-electron chi connectivity index (χ0n) is 11.7. The fourth-order valence-corrected chi connectivity index (χ4v) is 1.80. The van der Waals surface area contributed by atoms with Crippen molar-refractivity contribution in [2.45, 2.75) is 9.83 Å². The summed E-state index contributed by atoms with van der Waals surface area (Å²) in [4.78, 5) is 11.8. The van der Waals surface area contributed by atoms with Crippen LogP contribution in [-0.4, -0.2) is 23.4 Å². The second-order valence-electron chi connectivity index (χ2n) is 4.08. The lowest BCUT2D eigenvalue weighted by molar-refractivity contribution is -0.120. The Morgan fingerprint density at radius 3 is 2.73 bits per heavy atom. The number of hydrogen-bond acceptors (Lipinski definition) is 3. The molecule has 0 radical (unpaired) electrons. The summed E-state index contributed by atoms with van der Waals surface area (Å²) in [6.07, 6.45) is 6.66. The van der Waals surface area contributed by atoms with Gasteiger partial charge >= 0.3 is 0 Å². The first-order chi connectivity index (χ1) is 10.3. The van der Waals surface area contributed by atoms with Crippen LogP contribution in [0, 0.1) is 12.3 Å². The number of hydrogen-bond donors (Lipinski definition) is 1. The highest BCUT2D eigenvalue weighted by atomic mass is 35.6. The van der Waals surface area contributed by atoms with Crippen LogP contribution in [0.15, 0.2) is 30.9 Å². The van der Waals surface area contributed by atoms with E-state index in [0.717, 1.165) is 0 Å². The van der Waals surface area contributed by atoms with Crippen molar-refractivity contribution in [2.24, 2.45) is 0 Å². The normalized spacial score (nSPS) is 12.0. The molecule has 1 atom stereocenters. The second kappa shape index (κ2) is 8.19. The first-order valence-corrected chi connectivity index (χ1v) is 7.21. The zero-order valence-corrected chi connectivity index (χ0v) is 14.0. The number of nitrogens with one attached hydrogen (secondary N) is 1. The molecule has 0 aromatic heterocycles. The van der Waals surface area contributed by atoms with Crippen LogP contribution in [0.1, 0.15) is 11.6 Å². The van der Waals surface area contributed by atoms with Crippen molar-refractivity contribution in [1.29, 1.82) is 0 Å². The molecular weight excluding hydrogens is 349 g/mol. The Kier molecular flexibility index (Phi) is 6.89. The molecule has 1 aromatic carbocycles. The van der Waals surface area contributed by atoms with E-state index in [4.69, 9.17) is 50.7 Å². The molecule has 1 N–H and O–H groups in total. The van der Waals surface area contributed by atoms with Gasteiger partial charge in [-0.2, -0.15) is 0 Å². The Hall–Kier alpha value is -1.54. The minimum Gasteiger partial charge on any atom is -0.497 e. The Bertz CT molecular complexity index is 591. The molecule has 1 unspecified atom stereocenters. The number of carbonyl (C=O) groups excluding carboxylic acids is 1. The highest BCUT2D eigenvalue weighted by molar-refractivity contribution is 6.76. The third kappa shape index (κ3) is 5.03. The van der Waals surface area contributed by atoms with E-state index in [2.05, 4.69) is 17.8 Å². The second-order valence-corrected chi connectivity index (χ2v) is 6.36. The fraction of sp³-hybridized carbons (Fsp3) is 0.267. The Morgan fingerprint density at radius 1 is 1.55 bits per heavy atom. The van der Waals surface area contributed by atoms with Gasteiger partial charge in [-0.1, -0.05) is 46.8 Å². The van der Waals surface area contributed by atoms with Crippen LogP contribution in [0.4, 0.5) is 0 Å². The SMILES string of the molecule is C#CCOc1ccc(OC)cc1C(C=C)NC(=O)C(Cl)(Cl)Cl. The lowest BCUT2D eigenvalue weighted by Crippen LogP contribution is -2.36. The van der Waals surface area contributed by atoms with Crippen molar-refractivity contribution in [1.82, 2.24) is 5.32 Å². The van der Waals surface area contributed by atoms with Gasteiger partial charge in [0.15, 0.2) is 0 Å². The summed E-state index contributed by atoms with van der Waals surface area (Å²) in [7, 11) is 1.52. The molecule has 1 rings (SSSR count). The lowest BCUT2D eigenvalue weighted by Gasteiger charge is -2.21. The molecule has 0 fully saturated rings. The Labute approximate surface area is 144 Å². The molecule has 0 saturated carbocycles. The van der Waals surface area contributed by atoms with Crippen LogP contribution < -0.4 is 14.8 Å². The predicted octanol–water partition coefficient (Wildman–Crippen LogP) is 3.42. The van der Waals surface area contributed by atoms with Gasteiger partial charge < -0.3 is 14.8 Å². The third-order valence-corrected chi connectivity index (χ3v) is 3.16. The molecular formula is C15H14Cl3NO3. The summed E-state index contributed by atoms with van der Waals surface area (Å²) in [5.74, 6) is 2.61. The van der Waals surface area contributed by atoms with Crippen molar-refractivity contribution in [3.05, 3.63) is 36.4 Å². The van der Waals surface area contributed by atoms with Crippen molar-refractivity contribution in [2.75, 3.05) is 13.7 Å². The van der Waals surface area contributed by atoms with E-state index in [1.165, 1.54) is 13.2 Å². The maximum Gasteiger partial charge on any atom is 0.272 e. The highest BCUT2D eigenvalue weighted by Crippen LogP contribution is 2.32. The fourth-order valence-electron chi connectivity index (χ4n) is 1.63. The van der Waals surface area contributed by atoms with Gasteiger partial charge in [0.1, 0.15) is 18.1 Å². The largest absolute Gasteiger partial charge is 0.497 e. The molecule has 0 aliphatic heterocycles.